The minimum atomic E-state index is -1.39. The fraction of sp³-hybridized carbons (Fsp3) is 0.414. The van der Waals surface area contributed by atoms with E-state index in [1.807, 2.05) is 0 Å². The number of nitrogens with two attached hydrogens (primary N) is 3. The van der Waals surface area contributed by atoms with Gasteiger partial charge in [0, 0.05) is 12.8 Å². The highest BCUT2D eigenvalue weighted by atomic mass is 16.4. The van der Waals surface area contributed by atoms with Crippen LogP contribution >= 0.6 is 0 Å². The van der Waals surface area contributed by atoms with Gasteiger partial charge in [0.15, 0.2) is 0 Å². The molecular weight excluding hydrogens is 560 g/mol. The van der Waals surface area contributed by atoms with Crippen LogP contribution < -0.4 is 33.2 Å². The van der Waals surface area contributed by atoms with Crippen molar-refractivity contribution in [2.24, 2.45) is 17.2 Å². The topological polar surface area (TPSA) is 260 Å². The summed E-state index contributed by atoms with van der Waals surface area (Å²) in [5.74, 6) is -4.26. The molecule has 0 spiro atoms. The second-order valence-corrected chi connectivity index (χ2v) is 10.2. The molecule has 0 saturated heterocycles. The quantitative estimate of drug-likeness (QED) is 0.0956. The molecule has 12 N–H and O–H groups in total. The van der Waals surface area contributed by atoms with Crippen molar-refractivity contribution in [1.82, 2.24) is 16.0 Å². The number of nitrogens with one attached hydrogen (secondary N) is 3. The number of aromatic hydroxyl groups is 2. The third-order valence-corrected chi connectivity index (χ3v) is 6.61. The molecule has 14 heteroatoms. The van der Waals surface area contributed by atoms with Crippen LogP contribution in [-0.2, 0) is 36.8 Å². The van der Waals surface area contributed by atoms with E-state index in [0.29, 0.717) is 30.5 Å². The zero-order chi connectivity index (χ0) is 31.9. The number of unbranched alkanes of at least 4 members (excludes halogenated alkanes) is 1. The maximum absolute atomic E-state index is 13.3. The summed E-state index contributed by atoms with van der Waals surface area (Å²) in [6, 6.07) is 7.03. The van der Waals surface area contributed by atoms with Gasteiger partial charge in [0.05, 0.1) is 6.04 Å². The van der Waals surface area contributed by atoms with Gasteiger partial charge in [-0.25, -0.2) is 4.79 Å². The molecule has 234 valence electrons. The van der Waals surface area contributed by atoms with Crippen LogP contribution in [0.25, 0.3) is 0 Å². The van der Waals surface area contributed by atoms with Gasteiger partial charge < -0.3 is 48.5 Å². The lowest BCUT2D eigenvalue weighted by atomic mass is 10.0. The first-order valence-electron chi connectivity index (χ1n) is 13.8. The maximum Gasteiger partial charge on any atom is 0.326 e. The molecule has 4 unspecified atom stereocenters. The van der Waals surface area contributed by atoms with E-state index in [-0.39, 0.29) is 43.6 Å². The predicted molar refractivity (Wildman–Crippen MR) is 156 cm³/mol. The molecular formula is C29H40N6O8. The number of phenolic OH excluding ortho intramolecular Hbond substituents is 2. The first-order chi connectivity index (χ1) is 20.4. The summed E-state index contributed by atoms with van der Waals surface area (Å²) in [5.41, 5.74) is 18.1. The number of carboxylic acids is 1. The summed E-state index contributed by atoms with van der Waals surface area (Å²) < 4.78 is 0. The number of hydrogen-bond donors (Lipinski definition) is 9. The van der Waals surface area contributed by atoms with Crippen LogP contribution in [0.1, 0.15) is 43.2 Å². The van der Waals surface area contributed by atoms with E-state index >= 15 is 0 Å². The van der Waals surface area contributed by atoms with Crippen molar-refractivity contribution in [3.8, 4) is 11.5 Å². The highest BCUT2D eigenvalue weighted by Crippen LogP contribution is 2.13. The molecule has 14 nitrogen and oxygen atoms in total. The number of hydrogen-bond acceptors (Lipinski definition) is 9. The molecule has 0 heterocycles. The predicted octanol–water partition coefficient (Wildman–Crippen LogP) is -0.856. The number of aliphatic carboxylic acids is 1. The number of primary amides is 1. The molecule has 4 atom stereocenters. The van der Waals surface area contributed by atoms with Crippen LogP contribution in [0.4, 0.5) is 0 Å². The zero-order valence-electron chi connectivity index (χ0n) is 23.7. The second-order valence-electron chi connectivity index (χ2n) is 10.2. The molecule has 0 aliphatic rings. The Hall–Kier alpha value is -4.69. The molecule has 2 aromatic carbocycles. The van der Waals surface area contributed by atoms with Gasteiger partial charge in [-0.1, -0.05) is 24.3 Å². The fourth-order valence-electron chi connectivity index (χ4n) is 4.19. The van der Waals surface area contributed by atoms with Gasteiger partial charge in [-0.3, -0.25) is 19.2 Å². The number of carbonyl (C=O) groups excluding carboxylic acids is 4. The van der Waals surface area contributed by atoms with Crippen LogP contribution in [0.15, 0.2) is 48.5 Å². The SMILES string of the molecule is NCCCCC(NC(=O)C(N)Cc1ccc(O)cc1)C(=O)NC(CCC(N)=O)C(=O)NC(Cc1ccc(O)cc1)C(=O)O. The molecule has 2 aromatic rings. The summed E-state index contributed by atoms with van der Waals surface area (Å²) in [7, 11) is 0. The van der Waals surface area contributed by atoms with E-state index in [1.165, 1.54) is 36.4 Å². The Morgan fingerprint density at radius 1 is 0.674 bits per heavy atom. The van der Waals surface area contributed by atoms with Gasteiger partial charge in [0.1, 0.15) is 29.6 Å². The number of amides is 4. The van der Waals surface area contributed by atoms with Crippen molar-refractivity contribution in [3.05, 3.63) is 59.7 Å². The molecule has 0 saturated carbocycles. The number of carbonyl (C=O) groups is 5. The second kappa shape index (κ2) is 17.3. The summed E-state index contributed by atoms with van der Waals surface area (Å²) >= 11 is 0. The van der Waals surface area contributed by atoms with Crippen molar-refractivity contribution in [2.45, 2.75) is 69.1 Å². The molecule has 4 amide bonds. The van der Waals surface area contributed by atoms with E-state index in [0.717, 1.165) is 0 Å². The molecule has 0 bridgehead atoms. The minimum absolute atomic E-state index is 0.0108. The van der Waals surface area contributed by atoms with E-state index in [1.54, 1.807) is 12.1 Å². The standard InChI is InChI=1S/C29H40N6O8/c30-14-2-1-3-22(33-26(39)21(31)15-17-4-8-19(36)9-5-17)27(40)34-23(12-13-25(32)38)28(41)35-24(29(42)43)16-18-6-10-20(37)11-7-18/h4-11,21-24,36-37H,1-3,12-16,30-31H2,(H2,32,38)(H,33,39)(H,34,40)(H,35,41)(H,42,43). The van der Waals surface area contributed by atoms with Crippen LogP contribution in [0.3, 0.4) is 0 Å². The van der Waals surface area contributed by atoms with Gasteiger partial charge in [-0.2, -0.15) is 0 Å². The first-order valence-corrected chi connectivity index (χ1v) is 13.8. The van der Waals surface area contributed by atoms with E-state index in [4.69, 9.17) is 17.2 Å². The first kappa shape index (κ1) is 34.5. The number of phenols is 2. The van der Waals surface area contributed by atoms with E-state index in [2.05, 4.69) is 16.0 Å². The average Bonchev–Trinajstić information content (AvgIpc) is 2.96. The van der Waals surface area contributed by atoms with E-state index < -0.39 is 53.8 Å². The summed E-state index contributed by atoms with van der Waals surface area (Å²) in [4.78, 5) is 62.8. The Morgan fingerprint density at radius 3 is 1.63 bits per heavy atom. The molecule has 43 heavy (non-hydrogen) atoms. The zero-order valence-corrected chi connectivity index (χ0v) is 23.7. The monoisotopic (exact) mass is 600 g/mol. The Bertz CT molecular complexity index is 1240. The minimum Gasteiger partial charge on any atom is -0.508 e. The van der Waals surface area contributed by atoms with Crippen molar-refractivity contribution < 1.29 is 39.3 Å². The van der Waals surface area contributed by atoms with Crippen LogP contribution in [0.2, 0.25) is 0 Å². The molecule has 0 aliphatic heterocycles. The summed E-state index contributed by atoms with van der Waals surface area (Å²) in [6.07, 6.45) is 0.705. The molecule has 0 fully saturated rings. The Kier molecular flexibility index (Phi) is 13.9. The smallest absolute Gasteiger partial charge is 0.326 e. The largest absolute Gasteiger partial charge is 0.508 e. The molecule has 2 rings (SSSR count). The number of rotatable bonds is 18. The van der Waals surface area contributed by atoms with Crippen molar-refractivity contribution in [2.75, 3.05) is 6.54 Å². The van der Waals surface area contributed by atoms with Gasteiger partial charge >= 0.3 is 5.97 Å². The average molecular weight is 601 g/mol. The van der Waals surface area contributed by atoms with Gasteiger partial charge in [-0.05, 0) is 74.0 Å². The highest BCUT2D eigenvalue weighted by molar-refractivity contribution is 5.94. The molecule has 0 aromatic heterocycles. The summed E-state index contributed by atoms with van der Waals surface area (Å²) in [5, 5.41) is 36.1. The summed E-state index contributed by atoms with van der Waals surface area (Å²) in [6.45, 7) is 0.351. The third-order valence-electron chi connectivity index (χ3n) is 6.61. The van der Waals surface area contributed by atoms with Crippen molar-refractivity contribution in [3.63, 3.8) is 0 Å². The normalized spacial score (nSPS) is 13.6. The van der Waals surface area contributed by atoms with Crippen molar-refractivity contribution >= 4 is 29.6 Å². The third kappa shape index (κ3) is 12.4. The maximum atomic E-state index is 13.3. The molecule has 0 radical (unpaired) electrons. The number of carboxylic acid groups (broad SMARTS) is 1. The van der Waals surface area contributed by atoms with Crippen LogP contribution in [-0.4, -0.2) is 75.6 Å². The lowest BCUT2D eigenvalue weighted by molar-refractivity contribution is -0.142. The molecule has 0 aliphatic carbocycles. The number of benzene rings is 2. The van der Waals surface area contributed by atoms with Gasteiger partial charge in [0.25, 0.3) is 0 Å². The Balaban J connectivity index is 2.16. The van der Waals surface area contributed by atoms with E-state index in [9.17, 15) is 39.3 Å². The Morgan fingerprint density at radius 2 is 1.14 bits per heavy atom. The lowest BCUT2D eigenvalue weighted by Gasteiger charge is -2.25. The fourth-order valence-corrected chi connectivity index (χ4v) is 4.19. The lowest BCUT2D eigenvalue weighted by Crippen LogP contribution is -2.57. The Labute approximate surface area is 249 Å². The van der Waals surface area contributed by atoms with Crippen molar-refractivity contribution in [1.29, 1.82) is 0 Å². The van der Waals surface area contributed by atoms with Crippen LogP contribution in [0, 0.1) is 0 Å². The van der Waals surface area contributed by atoms with Gasteiger partial charge in [0.2, 0.25) is 23.6 Å². The van der Waals surface area contributed by atoms with Crippen LogP contribution in [0.5, 0.6) is 11.5 Å². The van der Waals surface area contributed by atoms with Gasteiger partial charge in [-0.15, -0.1) is 0 Å². The highest BCUT2D eigenvalue weighted by Gasteiger charge is 2.30.